The molecular formula is C16H28O5Si. The maximum absolute atomic E-state index is 5.75. The van der Waals surface area contributed by atoms with Crippen LogP contribution in [0.15, 0.2) is 30.3 Å². The van der Waals surface area contributed by atoms with E-state index in [4.69, 9.17) is 22.4 Å². The molecule has 6 heteroatoms. The van der Waals surface area contributed by atoms with Gasteiger partial charge in [0.1, 0.15) is 0 Å². The molecule has 0 heterocycles. The molecule has 0 aliphatic carbocycles. The van der Waals surface area contributed by atoms with Gasteiger partial charge in [-0.25, -0.2) is 0 Å². The van der Waals surface area contributed by atoms with Gasteiger partial charge in [0.2, 0.25) is 0 Å². The first-order chi connectivity index (χ1) is 10.8. The van der Waals surface area contributed by atoms with E-state index < -0.39 is 9.05 Å². The van der Waals surface area contributed by atoms with Crippen LogP contribution in [-0.4, -0.2) is 48.7 Å². The highest BCUT2D eigenvalue weighted by atomic mass is 28.4. The summed E-state index contributed by atoms with van der Waals surface area (Å²) in [7, 11) is -3.00. The Morgan fingerprint density at radius 3 is 1.86 bits per heavy atom. The highest BCUT2D eigenvalue weighted by molar-refractivity contribution is 6.53. The fourth-order valence-corrected chi connectivity index (χ4v) is 3.84. The summed E-state index contributed by atoms with van der Waals surface area (Å²) in [5, 5.41) is 0. The summed E-state index contributed by atoms with van der Waals surface area (Å²) in [5.41, 5.74) is 1.27. The van der Waals surface area contributed by atoms with Crippen molar-refractivity contribution in [3.05, 3.63) is 35.9 Å². The van der Waals surface area contributed by atoms with Crippen molar-refractivity contribution in [2.24, 2.45) is 0 Å². The Balaban J connectivity index is 2.24. The minimum atomic E-state index is -3.00. The Morgan fingerprint density at radius 2 is 1.32 bits per heavy atom. The van der Waals surface area contributed by atoms with Crippen LogP contribution >= 0.6 is 0 Å². The quantitative estimate of drug-likeness (QED) is 0.411. The van der Waals surface area contributed by atoms with Gasteiger partial charge in [-0.15, -0.1) is 0 Å². The number of rotatable bonds is 13. The lowest BCUT2D eigenvalue weighted by molar-refractivity contribution is -0.0390. The van der Waals surface area contributed by atoms with Gasteiger partial charge < -0.3 is 22.4 Å². The van der Waals surface area contributed by atoms with Crippen LogP contribution in [0.2, 0.25) is 0 Å². The minimum absolute atomic E-state index is 0.404. The van der Waals surface area contributed by atoms with Crippen molar-refractivity contribution < 1.29 is 22.4 Å². The van der Waals surface area contributed by atoms with E-state index in [0.29, 0.717) is 39.6 Å². The average Bonchev–Trinajstić information content (AvgIpc) is 2.52. The van der Waals surface area contributed by atoms with E-state index in [1.165, 1.54) is 5.56 Å². The molecule has 0 aliphatic rings. The zero-order valence-electron chi connectivity index (χ0n) is 13.9. The summed E-state index contributed by atoms with van der Waals surface area (Å²) in [5.74, 6) is 0. The molecule has 126 valence electrons. The Morgan fingerprint density at radius 1 is 0.727 bits per heavy atom. The molecule has 0 bridgehead atoms. The van der Waals surface area contributed by atoms with Crippen LogP contribution in [0.3, 0.4) is 0 Å². The SMILES string of the molecule is CCO[Si](OCC)(OCC)OCCOCCc1ccccc1. The van der Waals surface area contributed by atoms with Gasteiger partial charge in [0, 0.05) is 19.8 Å². The summed E-state index contributed by atoms with van der Waals surface area (Å²) in [4.78, 5) is 0. The van der Waals surface area contributed by atoms with Crippen LogP contribution < -0.4 is 0 Å². The van der Waals surface area contributed by atoms with E-state index in [1.54, 1.807) is 0 Å². The number of hydrogen-bond donors (Lipinski definition) is 0. The van der Waals surface area contributed by atoms with Gasteiger partial charge in [0.15, 0.2) is 0 Å². The first-order valence-electron chi connectivity index (χ1n) is 7.93. The molecule has 0 aliphatic heterocycles. The highest BCUT2D eigenvalue weighted by Gasteiger charge is 2.44. The van der Waals surface area contributed by atoms with Gasteiger partial charge in [-0.1, -0.05) is 30.3 Å². The maximum Gasteiger partial charge on any atom is 0.679 e. The van der Waals surface area contributed by atoms with Gasteiger partial charge in [0.05, 0.1) is 19.8 Å². The van der Waals surface area contributed by atoms with Crippen molar-refractivity contribution >= 4 is 9.05 Å². The molecule has 0 aromatic heterocycles. The molecule has 0 amide bonds. The number of ether oxygens (including phenoxy) is 1. The minimum Gasteiger partial charge on any atom is -0.379 e. The molecule has 22 heavy (non-hydrogen) atoms. The predicted octanol–water partition coefficient (Wildman–Crippen LogP) is 2.81. The highest BCUT2D eigenvalue weighted by Crippen LogP contribution is 2.11. The van der Waals surface area contributed by atoms with E-state index >= 15 is 0 Å². The molecule has 0 radical (unpaired) electrons. The monoisotopic (exact) mass is 328 g/mol. The van der Waals surface area contributed by atoms with E-state index in [-0.39, 0.29) is 0 Å². The summed E-state index contributed by atoms with van der Waals surface area (Å²) < 4.78 is 28.2. The van der Waals surface area contributed by atoms with Crippen LogP contribution in [0.25, 0.3) is 0 Å². The summed E-state index contributed by atoms with van der Waals surface area (Å²) >= 11 is 0. The normalized spacial score (nSPS) is 11.8. The smallest absolute Gasteiger partial charge is 0.379 e. The van der Waals surface area contributed by atoms with Crippen molar-refractivity contribution in [2.45, 2.75) is 27.2 Å². The van der Waals surface area contributed by atoms with Crippen LogP contribution in [0, 0.1) is 0 Å². The zero-order chi connectivity index (χ0) is 16.1. The molecule has 0 saturated heterocycles. The second-order valence-electron chi connectivity index (χ2n) is 4.50. The van der Waals surface area contributed by atoms with E-state index in [9.17, 15) is 0 Å². The van der Waals surface area contributed by atoms with Gasteiger partial charge in [-0.2, -0.15) is 0 Å². The second kappa shape index (κ2) is 11.8. The Hall–Kier alpha value is -0.763. The van der Waals surface area contributed by atoms with Gasteiger partial charge >= 0.3 is 9.05 Å². The van der Waals surface area contributed by atoms with Crippen LogP contribution in [-0.2, 0) is 28.9 Å². The zero-order valence-corrected chi connectivity index (χ0v) is 14.9. The van der Waals surface area contributed by atoms with E-state index in [1.807, 2.05) is 39.0 Å². The first-order valence-corrected chi connectivity index (χ1v) is 9.57. The largest absolute Gasteiger partial charge is 0.679 e. The summed E-state index contributed by atoms with van der Waals surface area (Å²) in [6, 6.07) is 10.3. The molecule has 5 nitrogen and oxygen atoms in total. The van der Waals surface area contributed by atoms with Gasteiger partial charge in [-0.05, 0) is 32.8 Å². The molecule has 1 rings (SSSR count). The average molecular weight is 328 g/mol. The third-order valence-corrected chi connectivity index (χ3v) is 5.33. The lowest BCUT2D eigenvalue weighted by Gasteiger charge is -2.26. The summed E-state index contributed by atoms with van der Waals surface area (Å²) in [6.45, 7) is 8.78. The van der Waals surface area contributed by atoms with Gasteiger partial charge in [-0.3, -0.25) is 0 Å². The topological polar surface area (TPSA) is 46.2 Å². The lowest BCUT2D eigenvalue weighted by Crippen LogP contribution is -2.49. The molecule has 1 aromatic rings. The molecule has 0 saturated carbocycles. The number of benzene rings is 1. The van der Waals surface area contributed by atoms with Crippen LogP contribution in [0.4, 0.5) is 0 Å². The Labute approximate surface area is 135 Å². The van der Waals surface area contributed by atoms with Crippen molar-refractivity contribution in [2.75, 3.05) is 39.6 Å². The fourth-order valence-electron chi connectivity index (χ4n) is 1.94. The van der Waals surface area contributed by atoms with Crippen molar-refractivity contribution in [1.82, 2.24) is 0 Å². The van der Waals surface area contributed by atoms with E-state index in [2.05, 4.69) is 12.1 Å². The second-order valence-corrected chi connectivity index (χ2v) is 6.65. The Bertz CT molecular complexity index is 357. The molecule has 0 N–H and O–H groups in total. The third-order valence-electron chi connectivity index (χ3n) is 2.85. The molecule has 0 unspecified atom stereocenters. The van der Waals surface area contributed by atoms with Crippen LogP contribution in [0.1, 0.15) is 26.3 Å². The first kappa shape index (κ1) is 19.3. The third kappa shape index (κ3) is 7.48. The molecular weight excluding hydrogens is 300 g/mol. The van der Waals surface area contributed by atoms with Crippen molar-refractivity contribution in [1.29, 1.82) is 0 Å². The van der Waals surface area contributed by atoms with Crippen LogP contribution in [0.5, 0.6) is 0 Å². The number of hydrogen-bond acceptors (Lipinski definition) is 5. The Kier molecular flexibility index (Phi) is 10.3. The maximum atomic E-state index is 5.75. The molecule has 1 aromatic carbocycles. The summed E-state index contributed by atoms with van der Waals surface area (Å²) in [6.07, 6.45) is 0.895. The van der Waals surface area contributed by atoms with Crippen molar-refractivity contribution in [3.63, 3.8) is 0 Å². The van der Waals surface area contributed by atoms with Gasteiger partial charge in [0.25, 0.3) is 0 Å². The molecule has 0 fully saturated rings. The molecule has 0 atom stereocenters. The standard InChI is InChI=1S/C16H28O5Si/c1-4-18-22(19-5-2,20-6-3)21-15-14-17-13-12-16-10-8-7-9-11-16/h7-11H,4-6,12-15H2,1-3H3. The van der Waals surface area contributed by atoms with E-state index in [0.717, 1.165) is 6.42 Å². The predicted molar refractivity (Wildman–Crippen MR) is 87.5 cm³/mol. The molecule has 0 spiro atoms. The van der Waals surface area contributed by atoms with Crippen molar-refractivity contribution in [3.8, 4) is 0 Å². The fraction of sp³-hybridized carbons (Fsp3) is 0.625. The lowest BCUT2D eigenvalue weighted by atomic mass is 10.2.